The third kappa shape index (κ3) is 3.82. The maximum Gasteiger partial charge on any atom is 0.332 e. The van der Waals surface area contributed by atoms with Gasteiger partial charge in [0.1, 0.15) is 0 Å². The molecule has 86 valence electrons. The number of amides is 1. The largest absolute Gasteiger partial charge is 0.479 e. The van der Waals surface area contributed by atoms with Crippen molar-refractivity contribution in [1.82, 2.24) is 10.8 Å². The van der Waals surface area contributed by atoms with Crippen molar-refractivity contribution in [2.24, 2.45) is 0 Å². The molecule has 2 atom stereocenters. The lowest BCUT2D eigenvalue weighted by Gasteiger charge is -2.09. The molecule has 0 saturated carbocycles. The highest BCUT2D eigenvalue weighted by Gasteiger charge is 2.29. The molecule has 1 heterocycles. The number of carbonyl (C=O) groups excluding carboxylic acids is 1. The average Bonchev–Trinajstić information content (AvgIpc) is 2.65. The normalized spacial score (nSPS) is 25.1. The molecule has 1 saturated heterocycles. The molecule has 1 amide bonds. The number of carbonyl (C=O) groups is 2. The second kappa shape index (κ2) is 5.64. The van der Waals surface area contributed by atoms with E-state index in [-0.39, 0.29) is 18.1 Å². The quantitative estimate of drug-likeness (QED) is 0.486. The highest BCUT2D eigenvalue weighted by Crippen LogP contribution is 2.09. The number of ether oxygens (including phenoxy) is 1. The molecule has 0 radical (unpaired) electrons. The Morgan fingerprint density at radius 3 is 2.87 bits per heavy atom. The van der Waals surface area contributed by atoms with E-state index in [2.05, 4.69) is 15.6 Å². The summed E-state index contributed by atoms with van der Waals surface area (Å²) < 4.78 is 5.06. The monoisotopic (exact) mass is 218 g/mol. The van der Waals surface area contributed by atoms with Gasteiger partial charge in [0, 0.05) is 13.7 Å². The van der Waals surface area contributed by atoms with Crippen molar-refractivity contribution in [3.8, 4) is 0 Å². The average molecular weight is 218 g/mol. The van der Waals surface area contributed by atoms with Gasteiger partial charge in [-0.05, 0) is 6.42 Å². The molecule has 15 heavy (non-hydrogen) atoms. The van der Waals surface area contributed by atoms with E-state index in [0.29, 0.717) is 13.0 Å². The summed E-state index contributed by atoms with van der Waals surface area (Å²) in [6.45, 7) is 0.0552. The van der Waals surface area contributed by atoms with Crippen LogP contribution >= 0.6 is 0 Å². The molecule has 0 aliphatic carbocycles. The lowest BCUT2D eigenvalue weighted by atomic mass is 10.2. The maximum atomic E-state index is 11.3. The van der Waals surface area contributed by atoms with E-state index in [1.165, 1.54) is 0 Å². The van der Waals surface area contributed by atoms with Crippen LogP contribution in [0.5, 0.6) is 0 Å². The minimum atomic E-state index is -1.13. The van der Waals surface area contributed by atoms with Crippen molar-refractivity contribution in [1.29, 1.82) is 0 Å². The number of hydrogen-bond donors (Lipinski definition) is 3. The zero-order valence-electron chi connectivity index (χ0n) is 8.36. The first-order valence-corrected chi connectivity index (χ1v) is 4.53. The van der Waals surface area contributed by atoms with Crippen LogP contribution in [0.1, 0.15) is 6.42 Å². The zero-order chi connectivity index (χ0) is 11.3. The molecule has 1 aliphatic rings. The van der Waals surface area contributed by atoms with Crippen LogP contribution in [0.25, 0.3) is 0 Å². The first-order chi connectivity index (χ1) is 7.13. The number of aliphatic carboxylic acids is 1. The van der Waals surface area contributed by atoms with E-state index in [4.69, 9.17) is 9.84 Å². The maximum absolute atomic E-state index is 11.3. The van der Waals surface area contributed by atoms with Crippen molar-refractivity contribution in [2.45, 2.75) is 18.6 Å². The van der Waals surface area contributed by atoms with E-state index >= 15 is 0 Å². The Labute approximate surface area is 86.7 Å². The summed E-state index contributed by atoms with van der Waals surface area (Å²) in [5, 5.41) is 11.2. The second-order valence-electron chi connectivity index (χ2n) is 3.20. The summed E-state index contributed by atoms with van der Waals surface area (Å²) in [6.07, 6.45) is 0.568. The fourth-order valence-corrected chi connectivity index (χ4v) is 1.32. The smallest absolute Gasteiger partial charge is 0.332 e. The highest BCUT2D eigenvalue weighted by molar-refractivity contribution is 5.81. The molecule has 7 heteroatoms. The molecule has 1 aliphatic heterocycles. The SMILES string of the molecule is COC1CNC(C(=O)NOCC(=O)O)C1. The fourth-order valence-electron chi connectivity index (χ4n) is 1.32. The first-order valence-electron chi connectivity index (χ1n) is 4.53. The Morgan fingerprint density at radius 2 is 2.33 bits per heavy atom. The van der Waals surface area contributed by atoms with E-state index in [0.717, 1.165) is 0 Å². The lowest BCUT2D eigenvalue weighted by Crippen LogP contribution is -2.41. The number of hydrogen-bond acceptors (Lipinski definition) is 5. The van der Waals surface area contributed by atoms with Gasteiger partial charge in [-0.1, -0.05) is 0 Å². The second-order valence-corrected chi connectivity index (χ2v) is 3.20. The van der Waals surface area contributed by atoms with Crippen molar-refractivity contribution in [3.05, 3.63) is 0 Å². The highest BCUT2D eigenvalue weighted by atomic mass is 16.7. The predicted molar refractivity (Wildman–Crippen MR) is 48.9 cm³/mol. The zero-order valence-corrected chi connectivity index (χ0v) is 8.36. The van der Waals surface area contributed by atoms with Crippen LogP contribution in [0.3, 0.4) is 0 Å². The minimum absolute atomic E-state index is 0.0141. The van der Waals surface area contributed by atoms with Crippen LogP contribution in [0.15, 0.2) is 0 Å². The molecule has 1 fully saturated rings. The summed E-state index contributed by atoms with van der Waals surface area (Å²) >= 11 is 0. The van der Waals surface area contributed by atoms with Gasteiger partial charge in [-0.25, -0.2) is 10.3 Å². The first kappa shape index (κ1) is 11.9. The van der Waals surface area contributed by atoms with Gasteiger partial charge >= 0.3 is 5.97 Å². The topological polar surface area (TPSA) is 96.9 Å². The van der Waals surface area contributed by atoms with Gasteiger partial charge in [0.15, 0.2) is 6.61 Å². The molecule has 7 nitrogen and oxygen atoms in total. The molecule has 1 rings (SSSR count). The summed E-state index contributed by atoms with van der Waals surface area (Å²) in [5.41, 5.74) is 2.06. The number of nitrogens with one attached hydrogen (secondary N) is 2. The Bertz CT molecular complexity index is 245. The van der Waals surface area contributed by atoms with Gasteiger partial charge in [0.25, 0.3) is 5.91 Å². The Morgan fingerprint density at radius 1 is 1.60 bits per heavy atom. The van der Waals surface area contributed by atoms with Crippen LogP contribution in [0.4, 0.5) is 0 Å². The van der Waals surface area contributed by atoms with Gasteiger partial charge in [0.05, 0.1) is 12.1 Å². The summed E-state index contributed by atoms with van der Waals surface area (Å²) in [4.78, 5) is 25.9. The number of hydroxylamine groups is 1. The van der Waals surface area contributed by atoms with E-state index in [1.807, 2.05) is 0 Å². The Hall–Kier alpha value is -1.18. The van der Waals surface area contributed by atoms with Crippen molar-refractivity contribution in [2.75, 3.05) is 20.3 Å². The molecule has 0 bridgehead atoms. The van der Waals surface area contributed by atoms with Crippen LogP contribution in [0, 0.1) is 0 Å². The van der Waals surface area contributed by atoms with Gasteiger partial charge in [-0.15, -0.1) is 0 Å². The van der Waals surface area contributed by atoms with Crippen LogP contribution in [-0.4, -0.2) is 49.4 Å². The lowest BCUT2D eigenvalue weighted by molar-refractivity contribution is -0.149. The van der Waals surface area contributed by atoms with E-state index in [9.17, 15) is 9.59 Å². The standard InChI is InChI=1S/C8H14N2O5/c1-14-5-2-6(9-3-5)8(13)10-15-4-7(11)12/h5-6,9H,2-4H2,1H3,(H,10,13)(H,11,12). The van der Waals surface area contributed by atoms with Gasteiger partial charge in [-0.3, -0.25) is 9.63 Å². The summed E-state index contributed by atoms with van der Waals surface area (Å²) in [6, 6.07) is -0.385. The molecule has 3 N–H and O–H groups in total. The third-order valence-electron chi connectivity index (χ3n) is 2.11. The number of carboxylic acid groups (broad SMARTS) is 1. The number of carboxylic acids is 1. The van der Waals surface area contributed by atoms with E-state index in [1.54, 1.807) is 7.11 Å². The molecule has 0 spiro atoms. The van der Waals surface area contributed by atoms with Crippen molar-refractivity contribution in [3.63, 3.8) is 0 Å². The van der Waals surface area contributed by atoms with Crippen molar-refractivity contribution < 1.29 is 24.3 Å². The number of rotatable bonds is 5. The molecule has 0 aromatic heterocycles. The predicted octanol–water partition coefficient (Wildman–Crippen LogP) is -1.50. The molecule has 0 aromatic carbocycles. The summed E-state index contributed by atoms with van der Waals surface area (Å²) in [5.74, 6) is -1.51. The fraction of sp³-hybridized carbons (Fsp3) is 0.750. The molecular weight excluding hydrogens is 204 g/mol. The molecular formula is C8H14N2O5. The van der Waals surface area contributed by atoms with Crippen LogP contribution in [0.2, 0.25) is 0 Å². The van der Waals surface area contributed by atoms with E-state index < -0.39 is 12.6 Å². The summed E-state index contributed by atoms with van der Waals surface area (Å²) in [7, 11) is 1.58. The molecule has 2 unspecified atom stereocenters. The number of methoxy groups -OCH3 is 1. The minimum Gasteiger partial charge on any atom is -0.479 e. The van der Waals surface area contributed by atoms with Gasteiger partial charge in [-0.2, -0.15) is 0 Å². The Kier molecular flexibility index (Phi) is 4.47. The molecule has 0 aromatic rings. The van der Waals surface area contributed by atoms with Gasteiger partial charge < -0.3 is 15.2 Å². The van der Waals surface area contributed by atoms with Gasteiger partial charge in [0.2, 0.25) is 0 Å². The van der Waals surface area contributed by atoms with Crippen molar-refractivity contribution >= 4 is 11.9 Å². The van der Waals surface area contributed by atoms with Crippen LogP contribution < -0.4 is 10.8 Å². The Balaban J connectivity index is 2.20. The third-order valence-corrected chi connectivity index (χ3v) is 2.11. The van der Waals surface area contributed by atoms with Crippen LogP contribution in [-0.2, 0) is 19.2 Å².